The average Bonchev–Trinajstić information content (AvgIpc) is 3.31. The van der Waals surface area contributed by atoms with Crippen molar-refractivity contribution in [3.63, 3.8) is 0 Å². The van der Waals surface area contributed by atoms with Gasteiger partial charge in [0.1, 0.15) is 11.4 Å². The second kappa shape index (κ2) is 10.3. The third-order valence-corrected chi connectivity index (χ3v) is 7.56. The molecule has 1 N–H and O–H groups in total. The number of hydrogen-bond donors (Lipinski definition) is 1. The molecule has 0 unspecified atom stereocenters. The van der Waals surface area contributed by atoms with Gasteiger partial charge in [0.25, 0.3) is 0 Å². The Bertz CT molecular complexity index is 2020. The van der Waals surface area contributed by atoms with Gasteiger partial charge in [0.2, 0.25) is 0 Å². The molecule has 0 bridgehead atoms. The molecule has 3 aromatic heterocycles. The van der Waals surface area contributed by atoms with E-state index in [9.17, 15) is 5.11 Å². The maximum Gasteiger partial charge on any atom is 0.144 e. The van der Waals surface area contributed by atoms with Gasteiger partial charge in [0, 0.05) is 43.6 Å². The van der Waals surface area contributed by atoms with Crippen LogP contribution in [0.1, 0.15) is 26.3 Å². The molecule has 3 heterocycles. The zero-order valence-corrected chi connectivity index (χ0v) is 25.3. The Kier molecular flexibility index (Phi) is 6.75. The molecule has 0 saturated carbocycles. The molecule has 0 aliphatic rings. The number of phenols is 1. The van der Waals surface area contributed by atoms with E-state index in [4.69, 9.17) is 9.97 Å². The van der Waals surface area contributed by atoms with E-state index in [-0.39, 0.29) is 32.2 Å². The minimum absolute atomic E-state index is 0. The molecule has 41 heavy (non-hydrogen) atoms. The molecule has 204 valence electrons. The van der Waals surface area contributed by atoms with Gasteiger partial charge >= 0.3 is 0 Å². The summed E-state index contributed by atoms with van der Waals surface area (Å²) in [6, 6.07) is 38.4. The summed E-state index contributed by atoms with van der Waals surface area (Å²) in [5.41, 5.74) is 7.12. The Morgan fingerprint density at radius 2 is 1.44 bits per heavy atom. The second-order valence-electron chi connectivity index (χ2n) is 11.3. The maximum absolute atomic E-state index is 10.9. The molecular weight excluding hydrogens is 685 g/mol. The van der Waals surface area contributed by atoms with E-state index in [1.807, 2.05) is 54.7 Å². The van der Waals surface area contributed by atoms with Crippen LogP contribution in [0.4, 0.5) is 0 Å². The first kappa shape index (κ1) is 26.9. The van der Waals surface area contributed by atoms with Crippen LogP contribution in [-0.4, -0.2) is 19.6 Å². The normalized spacial score (nSPS) is 11.7. The fourth-order valence-corrected chi connectivity index (χ4v) is 5.45. The van der Waals surface area contributed by atoms with Gasteiger partial charge < -0.3 is 9.67 Å². The van der Waals surface area contributed by atoms with E-state index >= 15 is 0 Å². The predicted octanol–water partition coefficient (Wildman–Crippen LogP) is 8.86. The quantitative estimate of drug-likeness (QED) is 0.186. The average molecular weight is 714 g/mol. The first-order valence-corrected chi connectivity index (χ1v) is 13.5. The number of pyridine rings is 2. The number of benzene rings is 4. The molecule has 0 saturated heterocycles. The Labute approximate surface area is 253 Å². The van der Waals surface area contributed by atoms with Crippen molar-refractivity contribution < 1.29 is 26.2 Å². The molecule has 0 aliphatic carbocycles. The van der Waals surface area contributed by atoms with Crippen molar-refractivity contribution in [2.24, 2.45) is 0 Å². The zero-order valence-electron chi connectivity index (χ0n) is 23.0. The largest absolute Gasteiger partial charge is 0.507 e. The Morgan fingerprint density at radius 3 is 2.24 bits per heavy atom. The van der Waals surface area contributed by atoms with E-state index in [0.29, 0.717) is 5.56 Å². The number of aromatic hydroxyl groups is 1. The zero-order chi connectivity index (χ0) is 27.4. The van der Waals surface area contributed by atoms with Gasteiger partial charge in [-0.25, -0.2) is 4.98 Å². The van der Waals surface area contributed by atoms with Crippen molar-refractivity contribution in [3.8, 4) is 34.0 Å². The topological polar surface area (TPSA) is 50.9 Å². The molecule has 0 amide bonds. The van der Waals surface area contributed by atoms with Crippen LogP contribution in [0.25, 0.3) is 60.9 Å². The van der Waals surface area contributed by atoms with Gasteiger partial charge in [-0.05, 0) is 64.0 Å². The molecule has 0 fully saturated rings. The SMILES string of the molecule is CC(C)(C)c1cc(-c2cccc(-c3cc4ccccc4cc3O)n2)[c-]c(-n2c3ccccc3c3cccnc32)c1.[Pt]. The number of phenolic OH excluding ortho intramolecular Hbond substituents is 1. The van der Waals surface area contributed by atoms with Crippen LogP contribution in [0.3, 0.4) is 0 Å². The monoisotopic (exact) mass is 713 g/mol. The summed E-state index contributed by atoms with van der Waals surface area (Å²) in [6.45, 7) is 6.66. The minimum atomic E-state index is -0.0982. The predicted molar refractivity (Wildman–Crippen MR) is 164 cm³/mol. The molecule has 5 heteroatoms. The van der Waals surface area contributed by atoms with Gasteiger partial charge in [0.15, 0.2) is 0 Å². The number of para-hydroxylation sites is 1. The van der Waals surface area contributed by atoms with E-state index in [1.54, 1.807) is 6.07 Å². The summed E-state index contributed by atoms with van der Waals surface area (Å²) >= 11 is 0. The van der Waals surface area contributed by atoms with Crippen LogP contribution >= 0.6 is 0 Å². The molecule has 7 rings (SSSR count). The molecule has 0 atom stereocenters. The van der Waals surface area contributed by atoms with Crippen molar-refractivity contribution in [1.29, 1.82) is 0 Å². The van der Waals surface area contributed by atoms with Crippen molar-refractivity contribution in [3.05, 3.63) is 121 Å². The minimum Gasteiger partial charge on any atom is -0.507 e. The summed E-state index contributed by atoms with van der Waals surface area (Å²) in [5.74, 6) is 0.216. The maximum atomic E-state index is 10.9. The van der Waals surface area contributed by atoms with E-state index in [1.165, 1.54) is 5.56 Å². The Balaban J connectivity index is 0.00000302. The van der Waals surface area contributed by atoms with Crippen molar-refractivity contribution in [1.82, 2.24) is 14.5 Å². The van der Waals surface area contributed by atoms with Crippen LogP contribution in [0.15, 0.2) is 109 Å². The van der Waals surface area contributed by atoms with Crippen LogP contribution in [-0.2, 0) is 26.5 Å². The summed E-state index contributed by atoms with van der Waals surface area (Å²) in [4.78, 5) is 9.81. The van der Waals surface area contributed by atoms with Crippen LogP contribution in [0.2, 0.25) is 0 Å². The molecular formula is C36H28N3OPt-. The third-order valence-electron chi connectivity index (χ3n) is 7.56. The molecule has 7 aromatic rings. The van der Waals surface area contributed by atoms with E-state index < -0.39 is 0 Å². The third kappa shape index (κ3) is 4.73. The second-order valence-corrected chi connectivity index (χ2v) is 11.3. The fraction of sp³-hybridized carbons (Fsp3) is 0.111. The Hall–Kier alpha value is -4.27. The molecule has 0 aliphatic heterocycles. The summed E-state index contributed by atoms with van der Waals surface area (Å²) < 4.78 is 2.20. The van der Waals surface area contributed by atoms with Gasteiger partial charge in [-0.1, -0.05) is 75.4 Å². The number of rotatable bonds is 3. The van der Waals surface area contributed by atoms with Gasteiger partial charge in [0.05, 0.1) is 11.2 Å². The van der Waals surface area contributed by atoms with Crippen LogP contribution in [0.5, 0.6) is 5.75 Å². The molecule has 0 radical (unpaired) electrons. The standard InChI is InChI=1S/C36H28N3O.Pt/c1-36(2,3)26-18-25(19-27(22-26)39-33-16-7-6-12-28(33)29-13-9-17-37-35(29)39)31-14-8-15-32(38-31)30-20-23-10-4-5-11-24(23)21-34(30)40;/h4-18,20-22,40H,1-3H3;/q-1;. The molecule has 4 nitrogen and oxygen atoms in total. The van der Waals surface area contributed by atoms with Crippen LogP contribution < -0.4 is 0 Å². The smallest absolute Gasteiger partial charge is 0.144 e. The van der Waals surface area contributed by atoms with E-state index in [2.05, 4.69) is 79.9 Å². The van der Waals surface area contributed by atoms with E-state index in [0.717, 1.165) is 55.3 Å². The van der Waals surface area contributed by atoms with Gasteiger partial charge in [-0.15, -0.1) is 29.3 Å². The summed E-state index contributed by atoms with van der Waals surface area (Å²) in [5, 5.41) is 15.2. The van der Waals surface area contributed by atoms with Crippen molar-refractivity contribution in [2.45, 2.75) is 26.2 Å². The van der Waals surface area contributed by atoms with Crippen molar-refractivity contribution in [2.75, 3.05) is 0 Å². The fourth-order valence-electron chi connectivity index (χ4n) is 5.45. The number of hydrogen-bond acceptors (Lipinski definition) is 3. The van der Waals surface area contributed by atoms with Gasteiger partial charge in [-0.2, -0.15) is 0 Å². The Morgan fingerprint density at radius 1 is 0.732 bits per heavy atom. The number of aromatic nitrogens is 3. The summed E-state index contributed by atoms with van der Waals surface area (Å²) in [7, 11) is 0. The molecule has 4 aromatic carbocycles. The number of nitrogens with zero attached hydrogens (tertiary/aromatic N) is 3. The van der Waals surface area contributed by atoms with Crippen molar-refractivity contribution >= 4 is 32.7 Å². The number of fused-ring (bicyclic) bond motifs is 4. The molecule has 0 spiro atoms. The van der Waals surface area contributed by atoms with Crippen LogP contribution in [0, 0.1) is 6.07 Å². The van der Waals surface area contributed by atoms with Gasteiger partial charge in [-0.3, -0.25) is 4.98 Å². The first-order valence-electron chi connectivity index (χ1n) is 13.5. The summed E-state index contributed by atoms with van der Waals surface area (Å²) in [6.07, 6.45) is 1.84. The first-order chi connectivity index (χ1) is 19.4.